The van der Waals surface area contributed by atoms with Gasteiger partial charge in [-0.15, -0.1) is 11.3 Å². The maximum Gasteiger partial charge on any atom is 0.258 e. The van der Waals surface area contributed by atoms with Crippen LogP contribution in [0.4, 0.5) is 4.39 Å². The summed E-state index contributed by atoms with van der Waals surface area (Å²) in [5, 5.41) is 4.85. The van der Waals surface area contributed by atoms with Gasteiger partial charge in [0.15, 0.2) is 12.4 Å². The lowest BCUT2D eigenvalue weighted by molar-refractivity contribution is -0.123. The summed E-state index contributed by atoms with van der Waals surface area (Å²) in [4.78, 5) is 24.6. The van der Waals surface area contributed by atoms with E-state index < -0.39 is 0 Å². The molecular formula is C21H18FNO3S. The molecule has 0 unspecified atom stereocenters. The molecule has 0 aliphatic rings. The highest BCUT2D eigenvalue weighted by molar-refractivity contribution is 7.10. The standard InChI is InChI=1S/C21H18FNO3S/c1-14(24)15-6-10-18(11-7-15)26-13-20(25)23-21(19-3-2-12-27-19)16-4-8-17(22)9-5-16/h2-12,21H,13H2,1H3,(H,23,25)/t21-/m1/s1. The van der Waals surface area contributed by atoms with Crippen LogP contribution in [0.2, 0.25) is 0 Å². The fourth-order valence-electron chi connectivity index (χ4n) is 2.57. The highest BCUT2D eigenvalue weighted by Crippen LogP contribution is 2.26. The third kappa shape index (κ3) is 5.01. The number of thiophene rings is 1. The van der Waals surface area contributed by atoms with E-state index in [2.05, 4.69) is 5.32 Å². The largest absolute Gasteiger partial charge is 0.484 e. The van der Waals surface area contributed by atoms with Crippen LogP contribution < -0.4 is 10.1 Å². The molecule has 0 bridgehead atoms. The van der Waals surface area contributed by atoms with Crippen LogP contribution in [0.5, 0.6) is 5.75 Å². The minimum Gasteiger partial charge on any atom is -0.484 e. The van der Waals surface area contributed by atoms with Gasteiger partial charge in [0.2, 0.25) is 0 Å². The molecule has 1 atom stereocenters. The van der Waals surface area contributed by atoms with E-state index in [1.807, 2.05) is 17.5 Å². The zero-order valence-electron chi connectivity index (χ0n) is 14.6. The van der Waals surface area contributed by atoms with E-state index >= 15 is 0 Å². The zero-order chi connectivity index (χ0) is 19.2. The molecule has 4 nitrogen and oxygen atoms in total. The number of ketones is 1. The van der Waals surface area contributed by atoms with E-state index in [1.54, 1.807) is 36.4 Å². The van der Waals surface area contributed by atoms with Crippen molar-refractivity contribution in [2.75, 3.05) is 6.61 Å². The Morgan fingerprint density at radius 3 is 2.37 bits per heavy atom. The molecule has 2 aromatic carbocycles. The van der Waals surface area contributed by atoms with Gasteiger partial charge in [0.25, 0.3) is 5.91 Å². The Kier molecular flexibility index (Phi) is 5.98. The van der Waals surface area contributed by atoms with Crippen LogP contribution >= 0.6 is 11.3 Å². The van der Waals surface area contributed by atoms with E-state index in [0.717, 1.165) is 10.4 Å². The van der Waals surface area contributed by atoms with Crippen molar-refractivity contribution in [1.29, 1.82) is 0 Å². The molecule has 138 valence electrons. The van der Waals surface area contributed by atoms with Crippen molar-refractivity contribution < 1.29 is 18.7 Å². The second-order valence-corrected chi connectivity index (χ2v) is 6.92. The van der Waals surface area contributed by atoms with Gasteiger partial charge in [-0.05, 0) is 60.3 Å². The highest BCUT2D eigenvalue weighted by atomic mass is 32.1. The number of benzene rings is 2. The SMILES string of the molecule is CC(=O)c1ccc(OCC(=O)N[C@H](c2ccc(F)cc2)c2cccs2)cc1. The first-order chi connectivity index (χ1) is 13.0. The Morgan fingerprint density at radius 2 is 1.78 bits per heavy atom. The molecule has 6 heteroatoms. The molecule has 0 aliphatic heterocycles. The summed E-state index contributed by atoms with van der Waals surface area (Å²) >= 11 is 1.51. The van der Waals surface area contributed by atoms with Gasteiger partial charge in [-0.3, -0.25) is 9.59 Å². The molecule has 0 saturated heterocycles. The quantitative estimate of drug-likeness (QED) is 0.616. The first kappa shape index (κ1) is 18.8. The second-order valence-electron chi connectivity index (χ2n) is 5.94. The lowest BCUT2D eigenvalue weighted by atomic mass is 10.1. The topological polar surface area (TPSA) is 55.4 Å². The molecule has 3 aromatic rings. The van der Waals surface area contributed by atoms with Crippen molar-refractivity contribution >= 4 is 23.0 Å². The predicted octanol–water partition coefficient (Wildman–Crippen LogP) is 4.37. The number of halogens is 1. The first-order valence-electron chi connectivity index (χ1n) is 8.35. The van der Waals surface area contributed by atoms with Crippen molar-refractivity contribution in [3.8, 4) is 5.75 Å². The average Bonchev–Trinajstić information content (AvgIpc) is 3.20. The summed E-state index contributed by atoms with van der Waals surface area (Å²) in [6, 6.07) is 16.1. The lowest BCUT2D eigenvalue weighted by Gasteiger charge is -2.18. The van der Waals surface area contributed by atoms with Gasteiger partial charge in [-0.2, -0.15) is 0 Å². The lowest BCUT2D eigenvalue weighted by Crippen LogP contribution is -2.32. The average molecular weight is 383 g/mol. The van der Waals surface area contributed by atoms with Crippen molar-refractivity contribution in [2.45, 2.75) is 13.0 Å². The Balaban J connectivity index is 1.66. The van der Waals surface area contributed by atoms with Gasteiger partial charge in [0.1, 0.15) is 11.6 Å². The Labute approximate surface area is 160 Å². The van der Waals surface area contributed by atoms with Crippen LogP contribution in [0, 0.1) is 5.82 Å². The van der Waals surface area contributed by atoms with Crippen LogP contribution in [-0.4, -0.2) is 18.3 Å². The van der Waals surface area contributed by atoms with Crippen molar-refractivity contribution in [3.63, 3.8) is 0 Å². The summed E-state index contributed by atoms with van der Waals surface area (Å²) in [6.07, 6.45) is 0. The molecule has 3 rings (SSSR count). The van der Waals surface area contributed by atoms with E-state index in [-0.39, 0.29) is 30.2 Å². The van der Waals surface area contributed by atoms with Gasteiger partial charge < -0.3 is 10.1 Å². The van der Waals surface area contributed by atoms with Gasteiger partial charge in [-0.1, -0.05) is 18.2 Å². The summed E-state index contributed by atoms with van der Waals surface area (Å²) < 4.78 is 18.7. The summed E-state index contributed by atoms with van der Waals surface area (Å²) in [6.45, 7) is 1.33. The van der Waals surface area contributed by atoms with Crippen LogP contribution in [0.25, 0.3) is 0 Å². The van der Waals surface area contributed by atoms with Crippen LogP contribution in [-0.2, 0) is 4.79 Å². The monoisotopic (exact) mass is 383 g/mol. The molecule has 1 aromatic heterocycles. The number of rotatable bonds is 7. The molecule has 0 saturated carbocycles. The molecule has 0 aliphatic carbocycles. The van der Waals surface area contributed by atoms with Crippen molar-refractivity contribution in [3.05, 3.63) is 87.9 Å². The predicted molar refractivity (Wildman–Crippen MR) is 103 cm³/mol. The van der Waals surface area contributed by atoms with Crippen molar-refractivity contribution in [1.82, 2.24) is 5.32 Å². The number of carbonyl (C=O) groups excluding carboxylic acids is 2. The third-order valence-corrected chi connectivity index (χ3v) is 4.90. The molecule has 27 heavy (non-hydrogen) atoms. The van der Waals surface area contributed by atoms with Crippen LogP contribution in [0.1, 0.15) is 33.8 Å². The van der Waals surface area contributed by atoms with Crippen LogP contribution in [0.3, 0.4) is 0 Å². The van der Waals surface area contributed by atoms with Gasteiger partial charge in [-0.25, -0.2) is 4.39 Å². The molecule has 1 heterocycles. The first-order valence-corrected chi connectivity index (χ1v) is 9.23. The molecule has 0 radical (unpaired) electrons. The fourth-order valence-corrected chi connectivity index (χ4v) is 3.37. The highest BCUT2D eigenvalue weighted by Gasteiger charge is 2.18. The number of amides is 1. The molecule has 1 N–H and O–H groups in total. The van der Waals surface area contributed by atoms with E-state index in [9.17, 15) is 14.0 Å². The summed E-state index contributed by atoms with van der Waals surface area (Å²) in [5.74, 6) is -0.150. The normalized spacial score (nSPS) is 11.6. The van der Waals surface area contributed by atoms with E-state index in [1.165, 1.54) is 30.4 Å². The number of hydrogen-bond donors (Lipinski definition) is 1. The summed E-state index contributed by atoms with van der Waals surface area (Å²) in [7, 11) is 0. The van der Waals surface area contributed by atoms with Gasteiger partial charge in [0.05, 0.1) is 6.04 Å². The maximum absolute atomic E-state index is 13.2. The van der Waals surface area contributed by atoms with Crippen LogP contribution in [0.15, 0.2) is 66.0 Å². The minimum absolute atomic E-state index is 0.0302. The summed E-state index contributed by atoms with van der Waals surface area (Å²) in [5.41, 5.74) is 1.37. The molecule has 1 amide bonds. The number of hydrogen-bond acceptors (Lipinski definition) is 4. The van der Waals surface area contributed by atoms with Crippen molar-refractivity contribution in [2.24, 2.45) is 0 Å². The van der Waals surface area contributed by atoms with Gasteiger partial charge in [0, 0.05) is 10.4 Å². The molecular weight excluding hydrogens is 365 g/mol. The molecule has 0 spiro atoms. The fraction of sp³-hybridized carbons (Fsp3) is 0.143. The smallest absolute Gasteiger partial charge is 0.258 e. The number of Topliss-reactive ketones (excluding diaryl/α,β-unsaturated/α-hetero) is 1. The second kappa shape index (κ2) is 8.60. The Morgan fingerprint density at radius 1 is 1.07 bits per heavy atom. The maximum atomic E-state index is 13.2. The minimum atomic E-state index is -0.373. The van der Waals surface area contributed by atoms with E-state index in [0.29, 0.717) is 11.3 Å². The number of nitrogens with one attached hydrogen (secondary N) is 1. The zero-order valence-corrected chi connectivity index (χ0v) is 15.5. The Bertz CT molecular complexity index is 906. The number of carbonyl (C=O) groups is 2. The molecule has 0 fully saturated rings. The van der Waals surface area contributed by atoms with E-state index in [4.69, 9.17) is 4.74 Å². The third-order valence-electron chi connectivity index (χ3n) is 3.97. The number of ether oxygens (including phenoxy) is 1. The Hall–Kier alpha value is -2.99. The van der Waals surface area contributed by atoms with Gasteiger partial charge >= 0.3 is 0 Å².